The van der Waals surface area contributed by atoms with Gasteiger partial charge in [-0.1, -0.05) is 39.1 Å². The minimum Gasteiger partial charge on any atom is -0.365 e. The molecule has 0 spiro atoms. The molecule has 5 nitrogen and oxygen atoms in total. The van der Waals surface area contributed by atoms with Gasteiger partial charge in [-0.05, 0) is 34.1 Å². The summed E-state index contributed by atoms with van der Waals surface area (Å²) in [6.07, 6.45) is 3.15. The van der Waals surface area contributed by atoms with E-state index in [0.717, 1.165) is 20.3 Å². The number of nitrogens with one attached hydrogen (secondary N) is 1. The predicted octanol–water partition coefficient (Wildman–Crippen LogP) is 5.27. The minimum absolute atomic E-state index is 0.130. The van der Waals surface area contributed by atoms with Crippen LogP contribution in [0.1, 0.15) is 0 Å². The van der Waals surface area contributed by atoms with Crippen LogP contribution in [0.3, 0.4) is 0 Å². The number of urea groups is 1. The number of carbonyl (C=O) groups is 1. The second kappa shape index (κ2) is 8.12. The van der Waals surface area contributed by atoms with Gasteiger partial charge in [0.1, 0.15) is 0 Å². The predicted molar refractivity (Wildman–Crippen MR) is 109 cm³/mol. The van der Waals surface area contributed by atoms with Crippen molar-refractivity contribution in [3.05, 3.63) is 49.6 Å². The Labute approximate surface area is 172 Å². The molecule has 1 aliphatic heterocycles. The Morgan fingerprint density at radius 1 is 1.08 bits per heavy atom. The summed E-state index contributed by atoms with van der Waals surface area (Å²) in [5, 5.41) is 3.96. The van der Waals surface area contributed by atoms with Crippen molar-refractivity contribution in [2.75, 3.05) is 36.4 Å². The number of carbonyl (C=O) groups excluding carboxylic acids is 1. The Bertz CT molecular complexity index is 777. The van der Waals surface area contributed by atoms with Gasteiger partial charge in [-0.25, -0.2) is 4.79 Å². The van der Waals surface area contributed by atoms with Crippen molar-refractivity contribution in [3.63, 3.8) is 0 Å². The first kappa shape index (κ1) is 18.8. The van der Waals surface area contributed by atoms with Crippen LogP contribution in [0.5, 0.6) is 0 Å². The highest BCUT2D eigenvalue weighted by Gasteiger charge is 2.24. The van der Waals surface area contributed by atoms with Crippen LogP contribution >= 0.6 is 55.1 Å². The van der Waals surface area contributed by atoms with E-state index < -0.39 is 0 Å². The van der Waals surface area contributed by atoms with E-state index in [0.29, 0.717) is 36.2 Å². The average Bonchev–Trinajstić information content (AvgIpc) is 2.58. The first-order valence-corrected chi connectivity index (χ1v) is 9.85. The van der Waals surface area contributed by atoms with E-state index in [9.17, 15) is 4.79 Å². The summed E-state index contributed by atoms with van der Waals surface area (Å²) in [6, 6.07) is 5.49. The van der Waals surface area contributed by atoms with Crippen LogP contribution in [0, 0.1) is 0 Å². The smallest absolute Gasteiger partial charge is 0.321 e. The summed E-state index contributed by atoms with van der Waals surface area (Å²) >= 11 is 19.3. The fraction of sp³-hybridized carbons (Fsp3) is 0.250. The Kier molecular flexibility index (Phi) is 6.09. The van der Waals surface area contributed by atoms with Gasteiger partial charge in [0.05, 0.1) is 21.4 Å². The Hall–Kier alpha value is -1.02. The maximum absolute atomic E-state index is 12.5. The zero-order chi connectivity index (χ0) is 18.0. The number of halogens is 4. The van der Waals surface area contributed by atoms with Gasteiger partial charge in [0.2, 0.25) is 0 Å². The van der Waals surface area contributed by atoms with Gasteiger partial charge in [-0.3, -0.25) is 4.98 Å². The van der Waals surface area contributed by atoms with Crippen molar-refractivity contribution in [1.29, 1.82) is 0 Å². The first-order valence-electron chi connectivity index (χ1n) is 7.50. The van der Waals surface area contributed by atoms with Gasteiger partial charge in [0.25, 0.3) is 0 Å². The number of piperazine rings is 1. The molecular weight excluding hydrogens is 495 g/mol. The number of aromatic nitrogens is 1. The molecule has 0 saturated carbocycles. The van der Waals surface area contributed by atoms with E-state index in [4.69, 9.17) is 23.2 Å². The SMILES string of the molecule is O=C(Nc1ccc(Br)cc1Br)N1CCN(c2c(Cl)cncc2Cl)CC1. The molecule has 0 atom stereocenters. The van der Waals surface area contributed by atoms with E-state index in [2.05, 4.69) is 47.1 Å². The van der Waals surface area contributed by atoms with Crippen LogP contribution in [-0.2, 0) is 0 Å². The molecule has 0 aliphatic carbocycles. The molecule has 1 saturated heterocycles. The number of anilines is 2. The van der Waals surface area contributed by atoms with Gasteiger partial charge >= 0.3 is 6.03 Å². The molecule has 0 bridgehead atoms. The molecule has 1 aromatic carbocycles. The van der Waals surface area contributed by atoms with Crippen LogP contribution in [0.25, 0.3) is 0 Å². The number of rotatable bonds is 2. The second-order valence-corrected chi connectivity index (χ2v) is 8.06. The zero-order valence-electron chi connectivity index (χ0n) is 13.0. The zero-order valence-corrected chi connectivity index (χ0v) is 17.7. The lowest BCUT2D eigenvalue weighted by molar-refractivity contribution is 0.208. The maximum Gasteiger partial charge on any atom is 0.321 e. The number of benzene rings is 1. The Balaban J connectivity index is 1.63. The molecule has 132 valence electrons. The average molecular weight is 509 g/mol. The third kappa shape index (κ3) is 4.39. The highest BCUT2D eigenvalue weighted by atomic mass is 79.9. The highest BCUT2D eigenvalue weighted by Crippen LogP contribution is 2.33. The second-order valence-electron chi connectivity index (χ2n) is 5.48. The summed E-state index contributed by atoms with van der Waals surface area (Å²) < 4.78 is 1.77. The largest absolute Gasteiger partial charge is 0.365 e. The lowest BCUT2D eigenvalue weighted by Crippen LogP contribution is -2.50. The molecule has 2 aromatic rings. The van der Waals surface area contributed by atoms with Crippen LogP contribution in [0.4, 0.5) is 16.2 Å². The van der Waals surface area contributed by atoms with Crippen LogP contribution in [0.15, 0.2) is 39.5 Å². The van der Waals surface area contributed by atoms with Gasteiger partial charge in [-0.15, -0.1) is 0 Å². The molecule has 3 rings (SSSR count). The summed E-state index contributed by atoms with van der Waals surface area (Å²) in [7, 11) is 0. The monoisotopic (exact) mass is 506 g/mol. The third-order valence-corrected chi connectivity index (χ3v) is 5.59. The maximum atomic E-state index is 12.5. The Morgan fingerprint density at radius 2 is 1.72 bits per heavy atom. The molecule has 2 heterocycles. The lowest BCUT2D eigenvalue weighted by atomic mass is 10.2. The molecule has 1 aromatic heterocycles. The molecule has 1 aliphatic rings. The van der Waals surface area contributed by atoms with Crippen LogP contribution in [0.2, 0.25) is 10.0 Å². The van der Waals surface area contributed by atoms with Crippen LogP contribution < -0.4 is 10.2 Å². The summed E-state index contributed by atoms with van der Waals surface area (Å²) in [4.78, 5) is 20.3. The molecule has 1 fully saturated rings. The van der Waals surface area contributed by atoms with E-state index in [-0.39, 0.29) is 6.03 Å². The molecule has 0 radical (unpaired) electrons. The van der Waals surface area contributed by atoms with Crippen molar-refractivity contribution in [1.82, 2.24) is 9.88 Å². The van der Waals surface area contributed by atoms with Crippen molar-refractivity contribution >= 4 is 72.5 Å². The first-order chi connectivity index (χ1) is 12.0. The standard InChI is InChI=1S/C16H14Br2Cl2N4O/c17-10-1-2-14(11(18)7-10)22-16(25)24-5-3-23(4-6-24)15-12(19)8-21-9-13(15)20/h1-2,7-9H,3-6H2,(H,22,25). The molecule has 1 N–H and O–H groups in total. The lowest BCUT2D eigenvalue weighted by Gasteiger charge is -2.36. The number of nitrogens with zero attached hydrogens (tertiary/aromatic N) is 3. The van der Waals surface area contributed by atoms with Crippen LogP contribution in [-0.4, -0.2) is 42.1 Å². The fourth-order valence-corrected chi connectivity index (χ4v) is 4.37. The molecular formula is C16H14Br2Cl2N4O. The van der Waals surface area contributed by atoms with E-state index in [1.807, 2.05) is 18.2 Å². The normalized spacial score (nSPS) is 14.6. The molecule has 25 heavy (non-hydrogen) atoms. The number of amides is 2. The summed E-state index contributed by atoms with van der Waals surface area (Å²) in [5.41, 5.74) is 1.50. The quantitative estimate of drug-likeness (QED) is 0.601. The number of pyridine rings is 1. The van der Waals surface area contributed by atoms with E-state index in [1.54, 1.807) is 17.3 Å². The van der Waals surface area contributed by atoms with Crippen molar-refractivity contribution in [3.8, 4) is 0 Å². The summed E-state index contributed by atoms with van der Waals surface area (Å²) in [5.74, 6) is 0. The van der Waals surface area contributed by atoms with Gasteiger partial charge in [-0.2, -0.15) is 0 Å². The molecule has 2 amide bonds. The molecule has 9 heteroatoms. The van der Waals surface area contributed by atoms with Crippen molar-refractivity contribution in [2.45, 2.75) is 0 Å². The van der Waals surface area contributed by atoms with Gasteiger partial charge in [0.15, 0.2) is 0 Å². The van der Waals surface area contributed by atoms with Gasteiger partial charge in [0, 0.05) is 47.5 Å². The van der Waals surface area contributed by atoms with Gasteiger partial charge < -0.3 is 15.1 Å². The van der Waals surface area contributed by atoms with E-state index >= 15 is 0 Å². The minimum atomic E-state index is -0.130. The Morgan fingerprint density at radius 3 is 2.32 bits per heavy atom. The summed E-state index contributed by atoms with van der Waals surface area (Å²) in [6.45, 7) is 2.46. The third-order valence-electron chi connectivity index (χ3n) is 3.88. The fourth-order valence-electron chi connectivity index (χ4n) is 2.62. The van der Waals surface area contributed by atoms with E-state index in [1.165, 1.54) is 0 Å². The highest BCUT2D eigenvalue weighted by molar-refractivity contribution is 9.11. The molecule has 0 unspecified atom stereocenters. The number of hydrogen-bond donors (Lipinski definition) is 1. The topological polar surface area (TPSA) is 48.5 Å². The van der Waals surface area contributed by atoms with Crippen molar-refractivity contribution in [2.24, 2.45) is 0 Å². The number of hydrogen-bond acceptors (Lipinski definition) is 3. The van der Waals surface area contributed by atoms with Crippen molar-refractivity contribution < 1.29 is 4.79 Å².